The van der Waals surface area contributed by atoms with Gasteiger partial charge in [0.2, 0.25) is 0 Å². The van der Waals surface area contributed by atoms with E-state index in [4.69, 9.17) is 0 Å². The van der Waals surface area contributed by atoms with Crippen LogP contribution in [0.15, 0.2) is 18.2 Å². The summed E-state index contributed by atoms with van der Waals surface area (Å²) < 4.78 is 15.1. The summed E-state index contributed by atoms with van der Waals surface area (Å²) in [5.74, 6) is -0.391. The largest absolute Gasteiger partial charge is 0.294 e. The van der Waals surface area contributed by atoms with Crippen molar-refractivity contribution in [3.05, 3.63) is 52.1 Å². The maximum Gasteiger partial charge on any atom is 0.163 e. The molecule has 0 saturated carbocycles. The Balaban J connectivity index is 2.15. The quantitative estimate of drug-likeness (QED) is 0.802. The monoisotopic (exact) mass is 274 g/mol. The lowest BCUT2D eigenvalue weighted by molar-refractivity contribution is 0.0981. The number of Topliss-reactive ketones (excluding diaryl/α,β-unsaturated/α-hetero) is 1. The number of aryl methyl sites for hydroxylation is 3. The summed E-state index contributed by atoms with van der Waals surface area (Å²) in [7, 11) is 1.89. The van der Waals surface area contributed by atoms with Crippen molar-refractivity contribution in [2.24, 2.45) is 7.05 Å². The van der Waals surface area contributed by atoms with Crippen LogP contribution < -0.4 is 0 Å². The minimum Gasteiger partial charge on any atom is -0.294 e. The highest BCUT2D eigenvalue weighted by Crippen LogP contribution is 2.17. The highest BCUT2D eigenvalue weighted by Gasteiger charge is 2.14. The molecule has 1 aromatic carbocycles. The number of benzene rings is 1. The Morgan fingerprint density at radius 3 is 2.60 bits per heavy atom. The molecule has 20 heavy (non-hydrogen) atoms. The second-order valence-corrected chi connectivity index (χ2v) is 5.16. The van der Waals surface area contributed by atoms with Crippen molar-refractivity contribution in [1.82, 2.24) is 9.78 Å². The normalized spacial score (nSPS) is 10.8. The van der Waals surface area contributed by atoms with Crippen LogP contribution in [0.25, 0.3) is 0 Å². The molecule has 0 spiro atoms. The number of halogens is 1. The molecular weight excluding hydrogens is 255 g/mol. The zero-order chi connectivity index (χ0) is 14.9. The molecule has 1 aromatic heterocycles. The molecule has 0 atom stereocenters. The Hall–Kier alpha value is -1.97. The first-order valence-electron chi connectivity index (χ1n) is 6.68. The van der Waals surface area contributed by atoms with E-state index < -0.39 is 0 Å². The molecular formula is C16H19FN2O. The molecule has 0 aliphatic rings. The van der Waals surface area contributed by atoms with Gasteiger partial charge in [0.1, 0.15) is 5.82 Å². The third-order valence-corrected chi connectivity index (χ3v) is 3.76. The minimum atomic E-state index is -0.368. The molecule has 0 saturated heterocycles. The van der Waals surface area contributed by atoms with E-state index in [1.807, 2.05) is 32.5 Å². The van der Waals surface area contributed by atoms with Gasteiger partial charge in [0.25, 0.3) is 0 Å². The van der Waals surface area contributed by atoms with Crippen LogP contribution in [0.5, 0.6) is 0 Å². The summed E-state index contributed by atoms with van der Waals surface area (Å²) in [6, 6.07) is 4.34. The fourth-order valence-electron chi connectivity index (χ4n) is 2.45. The summed E-state index contributed by atoms with van der Waals surface area (Å²) in [6.45, 7) is 5.76. The van der Waals surface area contributed by atoms with E-state index in [0.29, 0.717) is 18.4 Å². The van der Waals surface area contributed by atoms with E-state index in [1.54, 1.807) is 6.07 Å². The molecule has 0 amide bonds. The fraction of sp³-hybridized carbons (Fsp3) is 0.375. The van der Waals surface area contributed by atoms with Gasteiger partial charge in [-0.15, -0.1) is 0 Å². The van der Waals surface area contributed by atoms with Crippen LogP contribution in [0.3, 0.4) is 0 Å². The van der Waals surface area contributed by atoms with Crippen LogP contribution in [0.2, 0.25) is 0 Å². The molecule has 0 radical (unpaired) electrons. The van der Waals surface area contributed by atoms with Crippen molar-refractivity contribution in [2.45, 2.75) is 33.6 Å². The summed E-state index contributed by atoms with van der Waals surface area (Å²) in [4.78, 5) is 12.2. The van der Waals surface area contributed by atoms with Crippen molar-refractivity contribution >= 4 is 5.78 Å². The van der Waals surface area contributed by atoms with Gasteiger partial charge in [0, 0.05) is 24.7 Å². The Morgan fingerprint density at radius 2 is 2.00 bits per heavy atom. The van der Waals surface area contributed by atoms with Gasteiger partial charge in [0.05, 0.1) is 5.69 Å². The van der Waals surface area contributed by atoms with Gasteiger partial charge in [-0.3, -0.25) is 9.48 Å². The average molecular weight is 274 g/mol. The molecule has 2 rings (SSSR count). The smallest absolute Gasteiger partial charge is 0.163 e. The van der Waals surface area contributed by atoms with E-state index in [2.05, 4.69) is 5.10 Å². The maximum absolute atomic E-state index is 13.2. The SMILES string of the molecule is Cc1ccc(F)cc1C(=O)CCc1c(C)nn(C)c1C. The number of rotatable bonds is 4. The molecule has 2 aromatic rings. The first-order chi connectivity index (χ1) is 9.40. The zero-order valence-corrected chi connectivity index (χ0v) is 12.3. The van der Waals surface area contributed by atoms with Crippen LogP contribution in [0.1, 0.15) is 39.3 Å². The summed E-state index contributed by atoms with van der Waals surface area (Å²) in [5, 5.41) is 4.34. The van der Waals surface area contributed by atoms with E-state index in [-0.39, 0.29) is 11.6 Å². The van der Waals surface area contributed by atoms with Gasteiger partial charge >= 0.3 is 0 Å². The van der Waals surface area contributed by atoms with Crippen LogP contribution in [0, 0.1) is 26.6 Å². The summed E-state index contributed by atoms with van der Waals surface area (Å²) >= 11 is 0. The van der Waals surface area contributed by atoms with Gasteiger partial charge < -0.3 is 0 Å². The third kappa shape index (κ3) is 2.79. The zero-order valence-electron chi connectivity index (χ0n) is 12.3. The fourth-order valence-corrected chi connectivity index (χ4v) is 2.45. The Labute approximate surface area is 118 Å². The van der Waals surface area contributed by atoms with E-state index >= 15 is 0 Å². The molecule has 106 valence electrons. The molecule has 0 N–H and O–H groups in total. The molecule has 0 unspecified atom stereocenters. The van der Waals surface area contributed by atoms with Crippen molar-refractivity contribution in [3.63, 3.8) is 0 Å². The van der Waals surface area contributed by atoms with E-state index in [0.717, 1.165) is 22.5 Å². The molecule has 3 nitrogen and oxygen atoms in total. The first kappa shape index (κ1) is 14.4. The predicted molar refractivity (Wildman–Crippen MR) is 76.5 cm³/mol. The second-order valence-electron chi connectivity index (χ2n) is 5.16. The Bertz CT molecular complexity index is 659. The third-order valence-electron chi connectivity index (χ3n) is 3.76. The van der Waals surface area contributed by atoms with Crippen LogP contribution in [0.4, 0.5) is 4.39 Å². The number of nitrogens with zero attached hydrogens (tertiary/aromatic N) is 2. The number of aromatic nitrogens is 2. The van der Waals surface area contributed by atoms with Crippen molar-refractivity contribution in [2.75, 3.05) is 0 Å². The first-order valence-corrected chi connectivity index (χ1v) is 6.68. The second kappa shape index (κ2) is 5.57. The molecule has 1 heterocycles. The van der Waals surface area contributed by atoms with Gasteiger partial charge in [-0.1, -0.05) is 6.07 Å². The summed E-state index contributed by atoms with van der Waals surface area (Å²) in [6.07, 6.45) is 1.01. The number of hydrogen-bond donors (Lipinski definition) is 0. The minimum absolute atomic E-state index is 0.0235. The van der Waals surface area contributed by atoms with Crippen molar-refractivity contribution in [1.29, 1.82) is 0 Å². The lowest BCUT2D eigenvalue weighted by atomic mass is 9.98. The number of carbonyl (C=O) groups excluding carboxylic acids is 1. The lowest BCUT2D eigenvalue weighted by Gasteiger charge is -2.06. The topological polar surface area (TPSA) is 34.9 Å². The van der Waals surface area contributed by atoms with E-state index in [9.17, 15) is 9.18 Å². The average Bonchev–Trinajstić information content (AvgIpc) is 2.64. The maximum atomic E-state index is 13.2. The van der Waals surface area contributed by atoms with Gasteiger partial charge in [-0.05, 0) is 50.5 Å². The molecule has 4 heteroatoms. The van der Waals surface area contributed by atoms with Gasteiger partial charge in [0.15, 0.2) is 5.78 Å². The molecule has 0 aliphatic heterocycles. The predicted octanol–water partition coefficient (Wildman–Crippen LogP) is 3.30. The van der Waals surface area contributed by atoms with Crippen molar-refractivity contribution < 1.29 is 9.18 Å². The van der Waals surface area contributed by atoms with Crippen LogP contribution in [-0.4, -0.2) is 15.6 Å². The number of ketones is 1. The number of hydrogen-bond acceptors (Lipinski definition) is 2. The standard InChI is InChI=1S/C16H19FN2O/c1-10-5-6-13(17)9-15(10)16(20)8-7-14-11(2)18-19(4)12(14)3/h5-6,9H,7-8H2,1-4H3. The highest BCUT2D eigenvalue weighted by atomic mass is 19.1. The van der Waals surface area contributed by atoms with Crippen molar-refractivity contribution in [3.8, 4) is 0 Å². The molecule has 0 aliphatic carbocycles. The van der Waals surface area contributed by atoms with Gasteiger partial charge in [-0.2, -0.15) is 5.10 Å². The Morgan fingerprint density at radius 1 is 1.30 bits per heavy atom. The van der Waals surface area contributed by atoms with Gasteiger partial charge in [-0.25, -0.2) is 4.39 Å². The highest BCUT2D eigenvalue weighted by molar-refractivity contribution is 5.97. The van der Waals surface area contributed by atoms with Crippen LogP contribution in [-0.2, 0) is 13.5 Å². The lowest BCUT2D eigenvalue weighted by Crippen LogP contribution is -2.05. The van der Waals surface area contributed by atoms with E-state index in [1.165, 1.54) is 12.1 Å². The molecule has 0 bridgehead atoms. The number of carbonyl (C=O) groups is 1. The Kier molecular flexibility index (Phi) is 4.02. The van der Waals surface area contributed by atoms with Crippen LogP contribution >= 0.6 is 0 Å². The summed E-state index contributed by atoms with van der Waals surface area (Å²) in [5.41, 5.74) is 4.43. The molecule has 0 fully saturated rings.